The Bertz CT molecular complexity index is 1130. The van der Waals surface area contributed by atoms with Crippen LogP contribution in [0.1, 0.15) is 42.6 Å². The summed E-state index contributed by atoms with van der Waals surface area (Å²) < 4.78 is 72.2. The fourth-order valence-corrected chi connectivity index (χ4v) is 3.91. The second kappa shape index (κ2) is 8.63. The molecule has 3 aromatic rings. The van der Waals surface area contributed by atoms with Crippen LogP contribution in [0, 0.1) is 11.6 Å². The molecule has 1 fully saturated rings. The van der Waals surface area contributed by atoms with Gasteiger partial charge in [-0.2, -0.15) is 13.2 Å². The molecule has 32 heavy (non-hydrogen) atoms. The molecule has 0 amide bonds. The molecular formula is C23H21F5N2O2. The average Bonchev–Trinajstić information content (AvgIpc) is 2.70. The molecule has 2 N–H and O–H groups in total. The number of nitrogens with zero attached hydrogens (tertiary/aromatic N) is 1. The normalized spacial score (nSPS) is 19.6. The molecule has 1 aliphatic rings. The summed E-state index contributed by atoms with van der Waals surface area (Å²) in [7, 11) is 0. The van der Waals surface area contributed by atoms with Crippen LogP contribution in [-0.4, -0.2) is 22.2 Å². The predicted octanol–water partition coefficient (Wildman–Crippen LogP) is 5.28. The Labute approximate surface area is 181 Å². The number of aliphatic hydroxyl groups excluding tert-OH is 1. The van der Waals surface area contributed by atoms with Gasteiger partial charge in [0.2, 0.25) is 0 Å². The third kappa shape index (κ3) is 4.54. The number of aromatic nitrogens is 1. The minimum Gasteiger partial charge on any atom is -0.490 e. The molecule has 4 nitrogen and oxygen atoms in total. The minimum atomic E-state index is -4.79. The maximum Gasteiger partial charge on any atom is 0.419 e. The molecule has 0 bridgehead atoms. The van der Waals surface area contributed by atoms with Crippen LogP contribution in [0.2, 0.25) is 0 Å². The van der Waals surface area contributed by atoms with Crippen molar-refractivity contribution in [1.82, 2.24) is 10.3 Å². The zero-order valence-electron chi connectivity index (χ0n) is 17.1. The van der Waals surface area contributed by atoms with Crippen molar-refractivity contribution < 1.29 is 31.8 Å². The number of hydrogen-bond acceptors (Lipinski definition) is 4. The number of hydrogen-bond donors (Lipinski definition) is 2. The number of nitrogens with one attached hydrogen (secondary N) is 1. The van der Waals surface area contributed by atoms with Crippen molar-refractivity contribution in [3.8, 4) is 5.75 Å². The van der Waals surface area contributed by atoms with Gasteiger partial charge in [0.1, 0.15) is 23.5 Å². The van der Waals surface area contributed by atoms with E-state index in [1.807, 2.05) is 0 Å². The molecule has 1 unspecified atom stereocenters. The van der Waals surface area contributed by atoms with Gasteiger partial charge < -0.3 is 15.2 Å². The van der Waals surface area contributed by atoms with E-state index in [2.05, 4.69) is 10.3 Å². The van der Waals surface area contributed by atoms with E-state index >= 15 is 0 Å². The molecule has 1 saturated carbocycles. The number of rotatable bonds is 6. The van der Waals surface area contributed by atoms with Crippen molar-refractivity contribution in [1.29, 1.82) is 0 Å². The first-order valence-electron chi connectivity index (χ1n) is 10.1. The van der Waals surface area contributed by atoms with E-state index in [0.717, 1.165) is 6.07 Å². The van der Waals surface area contributed by atoms with Gasteiger partial charge in [-0.25, -0.2) is 8.78 Å². The van der Waals surface area contributed by atoms with Crippen LogP contribution in [0.15, 0.2) is 42.7 Å². The van der Waals surface area contributed by atoms with E-state index in [4.69, 9.17) is 4.74 Å². The average molecular weight is 452 g/mol. The van der Waals surface area contributed by atoms with Crippen molar-refractivity contribution in [2.24, 2.45) is 0 Å². The standard InChI is InChI=1S/C23H21F5N2O2/c1-12(31)17-9-22(25)19(16-4-5-29-10-18(16)17)11-30-13-6-15(7-13)32-14-2-3-21(24)20(8-14)23(26,27)28/h2-5,8-10,12-13,15,30-31H,6-7,11H2,1H3. The molecule has 1 aromatic heterocycles. The summed E-state index contributed by atoms with van der Waals surface area (Å²) >= 11 is 0. The molecule has 9 heteroatoms. The SMILES string of the molecule is CC(O)c1cc(F)c(CNC2CC(Oc3ccc(F)c(C(F)(F)F)c3)C2)c2ccncc12. The Balaban J connectivity index is 1.39. The quantitative estimate of drug-likeness (QED) is 0.500. The van der Waals surface area contributed by atoms with E-state index in [1.165, 1.54) is 12.1 Å². The van der Waals surface area contributed by atoms with Crippen LogP contribution in [0.3, 0.4) is 0 Å². The van der Waals surface area contributed by atoms with Crippen molar-refractivity contribution in [3.63, 3.8) is 0 Å². The Morgan fingerprint density at radius 3 is 2.56 bits per heavy atom. The third-order valence-corrected chi connectivity index (χ3v) is 5.69. The summed E-state index contributed by atoms with van der Waals surface area (Å²) in [5, 5.41) is 14.5. The molecule has 170 valence electrons. The first-order valence-corrected chi connectivity index (χ1v) is 10.1. The highest BCUT2D eigenvalue weighted by Gasteiger charge is 2.36. The summed E-state index contributed by atoms with van der Waals surface area (Å²) in [4.78, 5) is 4.06. The van der Waals surface area contributed by atoms with Gasteiger partial charge in [-0.15, -0.1) is 0 Å². The monoisotopic (exact) mass is 452 g/mol. The smallest absolute Gasteiger partial charge is 0.419 e. The molecule has 0 aliphatic heterocycles. The van der Waals surface area contributed by atoms with E-state index < -0.39 is 29.5 Å². The fraction of sp³-hybridized carbons (Fsp3) is 0.348. The van der Waals surface area contributed by atoms with Crippen molar-refractivity contribution in [3.05, 3.63) is 71.1 Å². The van der Waals surface area contributed by atoms with E-state index in [0.29, 0.717) is 40.8 Å². The van der Waals surface area contributed by atoms with Gasteiger partial charge in [0.05, 0.1) is 11.7 Å². The van der Waals surface area contributed by atoms with Gasteiger partial charge >= 0.3 is 6.18 Å². The minimum absolute atomic E-state index is 0.00439. The molecular weight excluding hydrogens is 431 g/mol. The lowest BCUT2D eigenvalue weighted by molar-refractivity contribution is -0.140. The first kappa shape index (κ1) is 22.4. The highest BCUT2D eigenvalue weighted by molar-refractivity contribution is 5.88. The number of pyridine rings is 1. The van der Waals surface area contributed by atoms with E-state index in [1.54, 1.807) is 25.4 Å². The Morgan fingerprint density at radius 1 is 1.12 bits per heavy atom. The van der Waals surface area contributed by atoms with Crippen LogP contribution in [0.5, 0.6) is 5.75 Å². The summed E-state index contributed by atoms with van der Waals surface area (Å²) in [6.45, 7) is 1.80. The van der Waals surface area contributed by atoms with Crippen LogP contribution in [0.25, 0.3) is 10.8 Å². The summed E-state index contributed by atoms with van der Waals surface area (Å²) in [5.41, 5.74) is -0.449. The third-order valence-electron chi connectivity index (χ3n) is 5.69. The fourth-order valence-electron chi connectivity index (χ4n) is 3.91. The van der Waals surface area contributed by atoms with E-state index in [-0.39, 0.29) is 24.4 Å². The van der Waals surface area contributed by atoms with Gasteiger partial charge in [0, 0.05) is 35.9 Å². The lowest BCUT2D eigenvalue weighted by Crippen LogP contribution is -2.46. The Morgan fingerprint density at radius 2 is 1.88 bits per heavy atom. The zero-order chi connectivity index (χ0) is 23.0. The largest absolute Gasteiger partial charge is 0.490 e. The molecule has 0 spiro atoms. The number of alkyl halides is 3. The van der Waals surface area contributed by atoms with Crippen molar-refractivity contribution in [2.45, 2.75) is 50.7 Å². The maximum atomic E-state index is 14.7. The Kier molecular flexibility index (Phi) is 6.05. The highest BCUT2D eigenvalue weighted by Crippen LogP contribution is 2.35. The number of halogens is 5. The maximum absolute atomic E-state index is 14.7. The van der Waals surface area contributed by atoms with Crippen LogP contribution >= 0.6 is 0 Å². The predicted molar refractivity (Wildman–Crippen MR) is 108 cm³/mol. The number of fused-ring (bicyclic) bond motifs is 1. The number of aliphatic hydroxyl groups is 1. The molecule has 0 radical (unpaired) electrons. The highest BCUT2D eigenvalue weighted by atomic mass is 19.4. The summed E-state index contributed by atoms with van der Waals surface area (Å²) in [6, 6.07) is 5.58. The van der Waals surface area contributed by atoms with E-state index in [9.17, 15) is 27.1 Å². The molecule has 0 saturated heterocycles. The van der Waals surface area contributed by atoms with Crippen LogP contribution < -0.4 is 10.1 Å². The second-order valence-electron chi connectivity index (χ2n) is 7.95. The molecule has 1 atom stereocenters. The van der Waals surface area contributed by atoms with Gasteiger partial charge in [-0.1, -0.05) is 0 Å². The molecule has 2 aromatic carbocycles. The summed E-state index contributed by atoms with van der Waals surface area (Å²) in [6.07, 6.45) is -1.77. The van der Waals surface area contributed by atoms with Crippen molar-refractivity contribution in [2.75, 3.05) is 0 Å². The summed E-state index contributed by atoms with van der Waals surface area (Å²) in [5.74, 6) is -1.82. The topological polar surface area (TPSA) is 54.4 Å². The molecule has 1 aliphatic carbocycles. The lowest BCUT2D eigenvalue weighted by atomic mass is 9.88. The van der Waals surface area contributed by atoms with Crippen LogP contribution in [-0.2, 0) is 12.7 Å². The second-order valence-corrected chi connectivity index (χ2v) is 7.95. The Hall–Kier alpha value is -2.78. The van der Waals surface area contributed by atoms with Crippen LogP contribution in [0.4, 0.5) is 22.0 Å². The molecule has 1 heterocycles. The zero-order valence-corrected chi connectivity index (χ0v) is 17.1. The van der Waals surface area contributed by atoms with Gasteiger partial charge in [0.15, 0.2) is 0 Å². The van der Waals surface area contributed by atoms with Gasteiger partial charge in [-0.3, -0.25) is 4.98 Å². The number of ether oxygens (including phenoxy) is 1. The first-order chi connectivity index (χ1) is 15.1. The van der Waals surface area contributed by atoms with Crippen molar-refractivity contribution >= 4 is 10.8 Å². The molecule has 4 rings (SSSR count). The number of benzene rings is 2. The van der Waals surface area contributed by atoms with Gasteiger partial charge in [0.25, 0.3) is 0 Å². The van der Waals surface area contributed by atoms with Gasteiger partial charge in [-0.05, 0) is 61.0 Å². The lowest BCUT2D eigenvalue weighted by Gasteiger charge is -2.36.